The summed E-state index contributed by atoms with van der Waals surface area (Å²) in [5.41, 5.74) is -0.210. The second kappa shape index (κ2) is 4.61. The largest absolute Gasteiger partial charge is 0.507 e. The minimum Gasteiger partial charge on any atom is -0.507 e. The molecule has 0 radical (unpaired) electrons. The third-order valence-electron chi connectivity index (χ3n) is 2.06. The fraction of sp³-hybridized carbons (Fsp3) is 0.300. The highest BCUT2D eigenvalue weighted by Gasteiger charge is 2.19. The number of rotatable bonds is 3. The first-order chi connectivity index (χ1) is 7.47. The Labute approximate surface area is 91.6 Å². The number of benzene rings is 1. The van der Waals surface area contributed by atoms with Gasteiger partial charge in [0, 0.05) is 6.07 Å². The molecule has 1 aromatic carbocycles. The molecule has 0 unspecified atom stereocenters. The molecule has 16 heavy (non-hydrogen) atoms. The van der Waals surface area contributed by atoms with Crippen molar-refractivity contribution in [1.29, 1.82) is 0 Å². The Hall–Kier alpha value is -2.11. The summed E-state index contributed by atoms with van der Waals surface area (Å²) in [7, 11) is 0. The normalized spacial score (nSPS) is 9.88. The fourth-order valence-electron chi connectivity index (χ4n) is 1.21. The van der Waals surface area contributed by atoms with Crippen LogP contribution in [0.5, 0.6) is 5.75 Å². The van der Waals surface area contributed by atoms with Crippen molar-refractivity contribution in [2.45, 2.75) is 13.8 Å². The zero-order valence-corrected chi connectivity index (χ0v) is 8.89. The number of aromatic hydroxyl groups is 1. The molecule has 6 nitrogen and oxygen atoms in total. The Morgan fingerprint density at radius 2 is 2.19 bits per heavy atom. The van der Waals surface area contributed by atoms with Crippen LogP contribution in [-0.2, 0) is 4.74 Å². The second-order valence-corrected chi connectivity index (χ2v) is 3.12. The van der Waals surface area contributed by atoms with Crippen LogP contribution in [0.1, 0.15) is 22.8 Å². The van der Waals surface area contributed by atoms with Gasteiger partial charge < -0.3 is 9.84 Å². The molecule has 1 aromatic rings. The van der Waals surface area contributed by atoms with Gasteiger partial charge in [-0.05, 0) is 19.9 Å². The molecular weight excluding hydrogens is 214 g/mol. The van der Waals surface area contributed by atoms with E-state index in [0.29, 0.717) is 0 Å². The first kappa shape index (κ1) is 12.0. The van der Waals surface area contributed by atoms with Crippen molar-refractivity contribution in [3.05, 3.63) is 33.4 Å². The Balaban J connectivity index is 3.24. The van der Waals surface area contributed by atoms with E-state index in [-0.39, 0.29) is 29.2 Å². The predicted octanol–water partition coefficient (Wildman–Crippen LogP) is 1.79. The molecule has 0 heterocycles. The molecule has 0 amide bonds. The summed E-state index contributed by atoms with van der Waals surface area (Å²) in [4.78, 5) is 21.3. The van der Waals surface area contributed by atoms with Crippen LogP contribution in [0.2, 0.25) is 0 Å². The van der Waals surface area contributed by atoms with Gasteiger partial charge in [0.15, 0.2) is 0 Å². The smallest absolute Gasteiger partial charge is 0.338 e. The first-order valence-electron chi connectivity index (χ1n) is 4.62. The van der Waals surface area contributed by atoms with Gasteiger partial charge in [0.2, 0.25) is 0 Å². The standard InChI is InChI=1S/C10H11NO5/c1-3-16-10(13)7-4-8(11(14)15)6(2)9(12)5-7/h4-5,12H,3H2,1-2H3. The number of phenols is 1. The molecule has 0 bridgehead atoms. The zero-order valence-electron chi connectivity index (χ0n) is 8.89. The maximum Gasteiger partial charge on any atom is 0.338 e. The van der Waals surface area contributed by atoms with Crippen LogP contribution in [-0.4, -0.2) is 22.6 Å². The van der Waals surface area contributed by atoms with Gasteiger partial charge >= 0.3 is 5.97 Å². The van der Waals surface area contributed by atoms with Crippen LogP contribution in [0, 0.1) is 17.0 Å². The maximum atomic E-state index is 11.3. The monoisotopic (exact) mass is 225 g/mol. The molecule has 1 rings (SSSR count). The highest BCUT2D eigenvalue weighted by atomic mass is 16.6. The predicted molar refractivity (Wildman–Crippen MR) is 55.5 cm³/mol. The number of ether oxygens (including phenoxy) is 1. The van der Waals surface area contributed by atoms with Crippen molar-refractivity contribution in [3.8, 4) is 5.75 Å². The van der Waals surface area contributed by atoms with Crippen LogP contribution in [0.4, 0.5) is 5.69 Å². The molecule has 0 spiro atoms. The van der Waals surface area contributed by atoms with Crippen molar-refractivity contribution in [3.63, 3.8) is 0 Å². The van der Waals surface area contributed by atoms with E-state index in [1.807, 2.05) is 0 Å². The molecule has 0 aliphatic heterocycles. The van der Waals surface area contributed by atoms with E-state index in [1.165, 1.54) is 6.92 Å². The van der Waals surface area contributed by atoms with Gasteiger partial charge in [0.1, 0.15) is 5.75 Å². The van der Waals surface area contributed by atoms with Crippen molar-refractivity contribution in [1.82, 2.24) is 0 Å². The number of nitro groups is 1. The van der Waals surface area contributed by atoms with Crippen molar-refractivity contribution >= 4 is 11.7 Å². The molecule has 0 aliphatic rings. The lowest BCUT2D eigenvalue weighted by Crippen LogP contribution is -2.05. The summed E-state index contributed by atoms with van der Waals surface area (Å²) in [6.07, 6.45) is 0. The van der Waals surface area contributed by atoms with Crippen molar-refractivity contribution < 1.29 is 19.6 Å². The second-order valence-electron chi connectivity index (χ2n) is 3.12. The van der Waals surface area contributed by atoms with Crippen LogP contribution in [0.3, 0.4) is 0 Å². The Morgan fingerprint density at radius 3 is 2.69 bits per heavy atom. The fourth-order valence-corrected chi connectivity index (χ4v) is 1.21. The van der Waals surface area contributed by atoms with E-state index in [4.69, 9.17) is 0 Å². The Morgan fingerprint density at radius 1 is 1.56 bits per heavy atom. The molecule has 0 saturated heterocycles. The van der Waals surface area contributed by atoms with Gasteiger partial charge in [-0.3, -0.25) is 10.1 Å². The van der Waals surface area contributed by atoms with E-state index in [9.17, 15) is 20.0 Å². The number of esters is 1. The minimum atomic E-state index is -0.694. The van der Waals surface area contributed by atoms with Crippen LogP contribution in [0.25, 0.3) is 0 Å². The van der Waals surface area contributed by atoms with E-state index in [1.54, 1.807) is 6.92 Å². The molecule has 0 aromatic heterocycles. The molecule has 86 valence electrons. The van der Waals surface area contributed by atoms with Gasteiger partial charge in [-0.1, -0.05) is 0 Å². The number of nitro benzene ring substituents is 1. The van der Waals surface area contributed by atoms with Gasteiger partial charge in [-0.2, -0.15) is 0 Å². The molecule has 0 atom stereocenters. The lowest BCUT2D eigenvalue weighted by molar-refractivity contribution is -0.385. The molecular formula is C10H11NO5. The van der Waals surface area contributed by atoms with E-state index < -0.39 is 10.9 Å². The van der Waals surface area contributed by atoms with Gasteiger partial charge in [0.05, 0.1) is 22.7 Å². The summed E-state index contributed by atoms with van der Waals surface area (Å²) in [6.45, 7) is 3.20. The summed E-state index contributed by atoms with van der Waals surface area (Å²) in [6, 6.07) is 2.24. The Kier molecular flexibility index (Phi) is 3.44. The van der Waals surface area contributed by atoms with Gasteiger partial charge in [0.25, 0.3) is 5.69 Å². The number of carbonyl (C=O) groups is 1. The number of phenolic OH excluding ortho intramolecular Hbond substituents is 1. The summed E-state index contributed by atoms with van der Waals surface area (Å²) in [5.74, 6) is -0.988. The highest BCUT2D eigenvalue weighted by molar-refractivity contribution is 5.91. The van der Waals surface area contributed by atoms with Gasteiger partial charge in [-0.15, -0.1) is 0 Å². The van der Waals surface area contributed by atoms with Crippen LogP contribution in [0.15, 0.2) is 12.1 Å². The van der Waals surface area contributed by atoms with E-state index >= 15 is 0 Å². The topological polar surface area (TPSA) is 89.7 Å². The summed E-state index contributed by atoms with van der Waals surface area (Å²) in [5, 5.41) is 20.1. The lowest BCUT2D eigenvalue weighted by atomic mass is 10.1. The molecule has 6 heteroatoms. The lowest BCUT2D eigenvalue weighted by Gasteiger charge is -2.05. The maximum absolute atomic E-state index is 11.3. The van der Waals surface area contributed by atoms with Crippen molar-refractivity contribution in [2.75, 3.05) is 6.61 Å². The van der Waals surface area contributed by atoms with E-state index in [2.05, 4.69) is 4.74 Å². The third-order valence-corrected chi connectivity index (χ3v) is 2.06. The SMILES string of the molecule is CCOC(=O)c1cc(O)c(C)c([N+](=O)[O-])c1. The third kappa shape index (κ3) is 2.28. The number of hydrogen-bond acceptors (Lipinski definition) is 5. The molecule has 0 saturated carbocycles. The zero-order chi connectivity index (χ0) is 12.3. The minimum absolute atomic E-state index is 0.0309. The van der Waals surface area contributed by atoms with Gasteiger partial charge in [-0.25, -0.2) is 4.79 Å². The molecule has 1 N–H and O–H groups in total. The average molecular weight is 225 g/mol. The highest BCUT2D eigenvalue weighted by Crippen LogP contribution is 2.28. The Bertz CT molecular complexity index is 441. The van der Waals surface area contributed by atoms with Crippen LogP contribution < -0.4 is 0 Å². The number of hydrogen-bond donors (Lipinski definition) is 1. The summed E-state index contributed by atoms with van der Waals surface area (Å²) >= 11 is 0. The number of carbonyl (C=O) groups excluding carboxylic acids is 1. The first-order valence-corrected chi connectivity index (χ1v) is 4.62. The summed E-state index contributed by atoms with van der Waals surface area (Å²) < 4.78 is 4.68. The quantitative estimate of drug-likeness (QED) is 0.481. The molecule has 0 fully saturated rings. The van der Waals surface area contributed by atoms with E-state index in [0.717, 1.165) is 12.1 Å². The number of nitrogens with zero attached hydrogens (tertiary/aromatic N) is 1. The van der Waals surface area contributed by atoms with Crippen molar-refractivity contribution in [2.24, 2.45) is 0 Å². The average Bonchev–Trinajstić information content (AvgIpc) is 2.21. The van der Waals surface area contributed by atoms with Crippen LogP contribution >= 0.6 is 0 Å². The molecule has 0 aliphatic carbocycles.